The van der Waals surface area contributed by atoms with Gasteiger partial charge >= 0.3 is 0 Å². The number of nitrogens with zero attached hydrogens (tertiary/aromatic N) is 1. The van der Waals surface area contributed by atoms with Crippen LogP contribution in [0.15, 0.2) is 94.5 Å². The highest BCUT2D eigenvalue weighted by Crippen LogP contribution is 2.34. The minimum absolute atomic E-state index is 0.105. The van der Waals surface area contributed by atoms with Crippen molar-refractivity contribution in [3.05, 3.63) is 101 Å². The predicted molar refractivity (Wildman–Crippen MR) is 138 cm³/mol. The van der Waals surface area contributed by atoms with Gasteiger partial charge in [0, 0.05) is 12.2 Å². The third kappa shape index (κ3) is 4.62. The summed E-state index contributed by atoms with van der Waals surface area (Å²) in [5, 5.41) is 4.73. The first kappa shape index (κ1) is 22.4. The van der Waals surface area contributed by atoms with Gasteiger partial charge in [0.1, 0.15) is 4.21 Å². The van der Waals surface area contributed by atoms with Gasteiger partial charge in [-0.2, -0.15) is 0 Å². The fourth-order valence-electron chi connectivity index (χ4n) is 4.25. The molecule has 0 saturated carbocycles. The molecule has 2 heterocycles. The van der Waals surface area contributed by atoms with Crippen molar-refractivity contribution in [3.63, 3.8) is 0 Å². The maximum absolute atomic E-state index is 13.1. The van der Waals surface area contributed by atoms with Gasteiger partial charge in [-0.3, -0.25) is 9.10 Å². The fourth-order valence-corrected chi connectivity index (χ4v) is 6.89. The molecule has 5 nitrogen and oxygen atoms in total. The molecule has 0 saturated heterocycles. The second-order valence-corrected chi connectivity index (χ2v) is 11.3. The number of carbonyl (C=O) groups excluding carboxylic acids is 1. The van der Waals surface area contributed by atoms with Gasteiger partial charge in [0.05, 0.1) is 12.1 Å². The molecule has 5 rings (SSSR count). The standard InChI is InChI=1S/C27H24N2O3S2/c30-26(18-20-10-12-22(13-11-20)21-6-2-1-3-7-21)28-24-14-15-25-23(19-24)8-4-16-29(25)34(31,32)27-9-5-17-33-27/h1-3,5-7,9-15,17,19H,4,8,16,18H2,(H,28,30). The van der Waals surface area contributed by atoms with E-state index >= 15 is 0 Å². The number of sulfonamides is 1. The van der Waals surface area contributed by atoms with Crippen LogP contribution in [-0.2, 0) is 27.7 Å². The van der Waals surface area contributed by atoms with E-state index in [4.69, 9.17) is 0 Å². The molecule has 1 aliphatic rings. The average molecular weight is 489 g/mol. The first-order chi connectivity index (χ1) is 16.5. The number of nitrogens with one attached hydrogen (secondary N) is 1. The highest BCUT2D eigenvalue weighted by Gasteiger charge is 2.29. The van der Waals surface area contributed by atoms with E-state index in [0.29, 0.717) is 22.1 Å². The van der Waals surface area contributed by atoms with Crippen LogP contribution < -0.4 is 9.62 Å². The molecule has 1 N–H and O–H groups in total. The highest BCUT2D eigenvalue weighted by molar-refractivity contribution is 7.94. The Labute approximate surface area is 203 Å². The summed E-state index contributed by atoms with van der Waals surface area (Å²) in [4.78, 5) is 12.7. The Morgan fingerprint density at radius 1 is 0.912 bits per heavy atom. The van der Waals surface area contributed by atoms with Crippen molar-refractivity contribution in [2.24, 2.45) is 0 Å². The number of rotatable bonds is 6. The van der Waals surface area contributed by atoms with Crippen LogP contribution in [-0.4, -0.2) is 20.9 Å². The van der Waals surface area contributed by atoms with Gasteiger partial charge in [0.15, 0.2) is 0 Å². The Bertz CT molecular complexity index is 1400. The topological polar surface area (TPSA) is 66.5 Å². The number of thiophene rings is 1. The van der Waals surface area contributed by atoms with Crippen LogP contribution in [0, 0.1) is 0 Å². The highest BCUT2D eigenvalue weighted by atomic mass is 32.2. The largest absolute Gasteiger partial charge is 0.326 e. The van der Waals surface area contributed by atoms with Crippen molar-refractivity contribution < 1.29 is 13.2 Å². The molecule has 0 fully saturated rings. The first-order valence-corrected chi connectivity index (χ1v) is 13.5. The summed E-state index contributed by atoms with van der Waals surface area (Å²) in [5.41, 5.74) is 5.48. The average Bonchev–Trinajstić information content (AvgIpc) is 3.41. The van der Waals surface area contributed by atoms with Crippen molar-refractivity contribution in [3.8, 4) is 11.1 Å². The lowest BCUT2D eigenvalue weighted by Crippen LogP contribution is -2.35. The van der Waals surface area contributed by atoms with Crippen molar-refractivity contribution in [2.75, 3.05) is 16.2 Å². The minimum Gasteiger partial charge on any atom is -0.326 e. The zero-order valence-corrected chi connectivity index (χ0v) is 20.1. The van der Waals surface area contributed by atoms with Gasteiger partial charge in [0.25, 0.3) is 10.0 Å². The molecule has 7 heteroatoms. The molecule has 34 heavy (non-hydrogen) atoms. The normalized spacial score (nSPS) is 13.4. The molecular weight excluding hydrogens is 464 g/mol. The Balaban J connectivity index is 1.28. The molecule has 1 aliphatic heterocycles. The molecule has 0 unspecified atom stereocenters. The lowest BCUT2D eigenvalue weighted by Gasteiger charge is -2.30. The molecule has 0 spiro atoms. The van der Waals surface area contributed by atoms with E-state index in [2.05, 4.69) is 17.4 Å². The molecule has 0 aliphatic carbocycles. The van der Waals surface area contributed by atoms with E-state index < -0.39 is 10.0 Å². The minimum atomic E-state index is -3.57. The second-order valence-electron chi connectivity index (χ2n) is 8.24. The number of benzene rings is 3. The van der Waals surface area contributed by atoms with E-state index in [1.165, 1.54) is 15.6 Å². The maximum atomic E-state index is 13.1. The summed E-state index contributed by atoms with van der Waals surface area (Å²) in [7, 11) is -3.57. The van der Waals surface area contributed by atoms with Crippen LogP contribution in [0.25, 0.3) is 11.1 Å². The van der Waals surface area contributed by atoms with Gasteiger partial charge in [0.2, 0.25) is 5.91 Å². The number of amides is 1. The van der Waals surface area contributed by atoms with Crippen LogP contribution in [0.2, 0.25) is 0 Å². The molecular formula is C27H24N2O3S2. The predicted octanol–water partition coefficient (Wildman–Crippen LogP) is 5.74. The summed E-state index contributed by atoms with van der Waals surface area (Å²) in [6.07, 6.45) is 1.78. The number of hydrogen-bond acceptors (Lipinski definition) is 4. The van der Waals surface area contributed by atoms with Crippen molar-refractivity contribution >= 4 is 38.6 Å². The smallest absolute Gasteiger partial charge is 0.273 e. The van der Waals surface area contributed by atoms with Crippen molar-refractivity contribution in [1.29, 1.82) is 0 Å². The molecule has 172 valence electrons. The van der Waals surface area contributed by atoms with Crippen molar-refractivity contribution in [2.45, 2.75) is 23.5 Å². The van der Waals surface area contributed by atoms with Gasteiger partial charge in [-0.15, -0.1) is 11.3 Å². The van der Waals surface area contributed by atoms with Crippen molar-refractivity contribution in [1.82, 2.24) is 0 Å². The fraction of sp³-hybridized carbons (Fsp3) is 0.148. The molecule has 0 atom stereocenters. The molecule has 0 bridgehead atoms. The third-order valence-electron chi connectivity index (χ3n) is 5.90. The third-order valence-corrected chi connectivity index (χ3v) is 9.09. The Hall–Kier alpha value is -3.42. The van der Waals surface area contributed by atoms with Gasteiger partial charge < -0.3 is 5.32 Å². The number of fused-ring (bicyclic) bond motifs is 1. The summed E-state index contributed by atoms with van der Waals surface area (Å²) >= 11 is 1.22. The quantitative estimate of drug-likeness (QED) is 0.376. The molecule has 4 aromatic rings. The van der Waals surface area contributed by atoms with Crippen LogP contribution >= 0.6 is 11.3 Å². The van der Waals surface area contributed by atoms with Gasteiger partial charge in [-0.05, 0) is 64.7 Å². The zero-order valence-electron chi connectivity index (χ0n) is 18.5. The second kappa shape index (κ2) is 9.44. The molecule has 1 amide bonds. The van der Waals surface area contributed by atoms with Crippen LogP contribution in [0.1, 0.15) is 17.5 Å². The Kier molecular flexibility index (Phi) is 6.22. The first-order valence-electron chi connectivity index (χ1n) is 11.1. The lowest BCUT2D eigenvalue weighted by molar-refractivity contribution is -0.115. The van der Waals surface area contributed by atoms with Gasteiger partial charge in [-0.25, -0.2) is 8.42 Å². The van der Waals surface area contributed by atoms with Gasteiger partial charge in [-0.1, -0.05) is 60.7 Å². The number of aryl methyl sites for hydroxylation is 1. The van der Waals surface area contributed by atoms with E-state index in [-0.39, 0.29) is 12.3 Å². The van der Waals surface area contributed by atoms with E-state index in [1.807, 2.05) is 48.5 Å². The van der Waals surface area contributed by atoms with Crippen LogP contribution in [0.3, 0.4) is 0 Å². The van der Waals surface area contributed by atoms with E-state index in [1.54, 1.807) is 29.6 Å². The van der Waals surface area contributed by atoms with E-state index in [9.17, 15) is 13.2 Å². The zero-order chi connectivity index (χ0) is 23.5. The van der Waals surface area contributed by atoms with Crippen LogP contribution in [0.4, 0.5) is 11.4 Å². The summed E-state index contributed by atoms with van der Waals surface area (Å²) < 4.78 is 27.9. The number of carbonyl (C=O) groups is 1. The molecule has 0 radical (unpaired) electrons. The SMILES string of the molecule is O=C(Cc1ccc(-c2ccccc2)cc1)Nc1ccc2c(c1)CCCN2S(=O)(=O)c1cccs1. The number of anilines is 2. The summed E-state index contributed by atoms with van der Waals surface area (Å²) in [5.74, 6) is -0.105. The molecule has 1 aromatic heterocycles. The summed E-state index contributed by atoms with van der Waals surface area (Å²) in [6.45, 7) is 0.456. The monoisotopic (exact) mass is 488 g/mol. The Morgan fingerprint density at radius 2 is 1.68 bits per heavy atom. The lowest BCUT2D eigenvalue weighted by atomic mass is 10.0. The van der Waals surface area contributed by atoms with Crippen LogP contribution in [0.5, 0.6) is 0 Å². The molecule has 3 aromatic carbocycles. The Morgan fingerprint density at radius 3 is 2.41 bits per heavy atom. The summed E-state index contributed by atoms with van der Waals surface area (Å²) in [6, 6.07) is 27.0. The number of hydrogen-bond donors (Lipinski definition) is 1. The maximum Gasteiger partial charge on any atom is 0.273 e. The van der Waals surface area contributed by atoms with E-state index in [0.717, 1.165) is 35.1 Å².